The molecule has 2 aromatic rings. The first-order valence-corrected chi connectivity index (χ1v) is 10.6. The number of carboxylic acids is 1. The molecule has 2 aromatic carbocycles. The van der Waals surface area contributed by atoms with Crippen LogP contribution in [-0.4, -0.2) is 53.7 Å². The number of ether oxygens (including phenoxy) is 1. The Balaban J connectivity index is 1.32. The number of rotatable bonds is 6. The summed E-state index contributed by atoms with van der Waals surface area (Å²) in [5.74, 6) is -1.80. The summed E-state index contributed by atoms with van der Waals surface area (Å²) in [6.07, 6.45) is 0.556. The molecule has 0 aromatic heterocycles. The van der Waals surface area contributed by atoms with Crippen molar-refractivity contribution in [2.24, 2.45) is 5.92 Å². The second kappa shape index (κ2) is 8.79. The van der Waals surface area contributed by atoms with Gasteiger partial charge in [0, 0.05) is 19.0 Å². The first-order chi connectivity index (χ1) is 15.0. The molecular formula is C24H26N2O5. The quantitative estimate of drug-likeness (QED) is 0.745. The Bertz CT molecular complexity index is 959. The number of carboxylic acid groups (broad SMARTS) is 1. The summed E-state index contributed by atoms with van der Waals surface area (Å²) in [5.41, 5.74) is 4.58. The van der Waals surface area contributed by atoms with Crippen LogP contribution in [0.25, 0.3) is 11.1 Å². The Morgan fingerprint density at radius 1 is 1.10 bits per heavy atom. The Kier molecular flexibility index (Phi) is 5.93. The highest BCUT2D eigenvalue weighted by Gasteiger charge is 2.36. The predicted octanol–water partition coefficient (Wildman–Crippen LogP) is 3.24. The molecule has 1 saturated heterocycles. The van der Waals surface area contributed by atoms with Gasteiger partial charge in [0.15, 0.2) is 0 Å². The lowest BCUT2D eigenvalue weighted by Crippen LogP contribution is -2.45. The summed E-state index contributed by atoms with van der Waals surface area (Å²) < 4.78 is 5.49. The predicted molar refractivity (Wildman–Crippen MR) is 115 cm³/mol. The van der Waals surface area contributed by atoms with E-state index in [1.165, 1.54) is 4.90 Å². The van der Waals surface area contributed by atoms with Gasteiger partial charge in [-0.05, 0) is 35.1 Å². The van der Waals surface area contributed by atoms with Crippen LogP contribution in [-0.2, 0) is 14.3 Å². The van der Waals surface area contributed by atoms with Crippen LogP contribution < -0.4 is 5.32 Å². The zero-order chi connectivity index (χ0) is 22.0. The van der Waals surface area contributed by atoms with Gasteiger partial charge in [-0.2, -0.15) is 0 Å². The lowest BCUT2D eigenvalue weighted by molar-refractivity contribution is -0.149. The summed E-state index contributed by atoms with van der Waals surface area (Å²) in [4.78, 5) is 37.6. The molecule has 2 N–H and O–H groups in total. The average molecular weight is 422 g/mol. The van der Waals surface area contributed by atoms with Gasteiger partial charge in [-0.25, -0.2) is 9.59 Å². The minimum atomic E-state index is -0.984. The first kappa shape index (κ1) is 20.9. The average Bonchev–Trinajstić information content (AvgIpc) is 3.39. The van der Waals surface area contributed by atoms with E-state index < -0.39 is 24.0 Å². The molecule has 4 rings (SSSR count). The highest BCUT2D eigenvalue weighted by molar-refractivity contribution is 5.86. The monoisotopic (exact) mass is 422 g/mol. The highest BCUT2D eigenvalue weighted by atomic mass is 16.5. The second-order valence-electron chi connectivity index (χ2n) is 8.14. The molecule has 7 heteroatoms. The maximum Gasteiger partial charge on any atom is 0.407 e. The molecule has 0 radical (unpaired) electrons. The van der Waals surface area contributed by atoms with E-state index in [1.54, 1.807) is 6.92 Å². The van der Waals surface area contributed by atoms with Crippen molar-refractivity contribution in [3.8, 4) is 11.1 Å². The molecular weight excluding hydrogens is 396 g/mol. The Hall–Kier alpha value is -3.35. The van der Waals surface area contributed by atoms with E-state index in [2.05, 4.69) is 29.6 Å². The number of amides is 2. The van der Waals surface area contributed by atoms with Crippen LogP contribution in [0.4, 0.5) is 4.79 Å². The van der Waals surface area contributed by atoms with Crippen molar-refractivity contribution >= 4 is 18.0 Å². The summed E-state index contributed by atoms with van der Waals surface area (Å²) in [7, 11) is 0. The molecule has 0 spiro atoms. The van der Waals surface area contributed by atoms with Gasteiger partial charge in [0.05, 0.1) is 5.92 Å². The molecule has 2 atom stereocenters. The second-order valence-corrected chi connectivity index (χ2v) is 8.14. The number of carbonyl (C=O) groups excluding carboxylic acids is 2. The van der Waals surface area contributed by atoms with Crippen molar-refractivity contribution in [2.45, 2.75) is 31.7 Å². The molecule has 7 nitrogen and oxygen atoms in total. The van der Waals surface area contributed by atoms with Gasteiger partial charge in [-0.15, -0.1) is 0 Å². The first-order valence-electron chi connectivity index (χ1n) is 10.6. The lowest BCUT2D eigenvalue weighted by Gasteiger charge is -2.25. The van der Waals surface area contributed by atoms with Gasteiger partial charge < -0.3 is 20.1 Å². The molecule has 162 valence electrons. The molecule has 1 fully saturated rings. The van der Waals surface area contributed by atoms with E-state index in [1.807, 2.05) is 24.3 Å². The standard InChI is InChI=1S/C24H26N2O5/c1-15(22(27)26-12-6-11-21(26)23(28)29)13-25-24(30)31-14-20-18-9-4-2-7-16(18)17-8-3-5-10-19(17)20/h2-5,7-10,15,20-21H,6,11-14H2,1H3,(H,25,30)(H,28,29)/t15?,21-/m1/s1. The number of alkyl carbamates (subject to hydrolysis) is 1. The number of benzene rings is 2. The van der Waals surface area contributed by atoms with Crippen LogP contribution in [0.1, 0.15) is 36.8 Å². The van der Waals surface area contributed by atoms with Crippen LogP contribution in [0.3, 0.4) is 0 Å². The summed E-state index contributed by atoms with van der Waals surface area (Å²) in [6.45, 7) is 2.42. The maximum atomic E-state index is 12.6. The van der Waals surface area contributed by atoms with Crippen molar-refractivity contribution in [1.82, 2.24) is 10.2 Å². The van der Waals surface area contributed by atoms with Crippen molar-refractivity contribution in [3.63, 3.8) is 0 Å². The highest BCUT2D eigenvalue weighted by Crippen LogP contribution is 2.44. The third kappa shape index (κ3) is 4.13. The SMILES string of the molecule is CC(CNC(=O)OCC1c2ccccc2-c2ccccc21)C(=O)N1CCC[C@@H]1C(=O)O. The van der Waals surface area contributed by atoms with Gasteiger partial charge in [-0.1, -0.05) is 55.5 Å². The zero-order valence-electron chi connectivity index (χ0n) is 17.4. The normalized spacial score (nSPS) is 18.2. The van der Waals surface area contributed by atoms with Gasteiger partial charge in [-0.3, -0.25) is 4.79 Å². The van der Waals surface area contributed by atoms with Crippen LogP contribution in [0.2, 0.25) is 0 Å². The fourth-order valence-corrected chi connectivity index (χ4v) is 4.54. The number of hydrogen-bond acceptors (Lipinski definition) is 4. The summed E-state index contributed by atoms with van der Waals surface area (Å²) >= 11 is 0. The number of aliphatic carboxylic acids is 1. The minimum absolute atomic E-state index is 0.0295. The smallest absolute Gasteiger partial charge is 0.407 e. The van der Waals surface area contributed by atoms with E-state index in [9.17, 15) is 19.5 Å². The number of hydrogen-bond donors (Lipinski definition) is 2. The van der Waals surface area contributed by atoms with E-state index in [-0.39, 0.29) is 25.0 Å². The Morgan fingerprint density at radius 3 is 2.32 bits per heavy atom. The van der Waals surface area contributed by atoms with Crippen LogP contribution in [0, 0.1) is 5.92 Å². The minimum Gasteiger partial charge on any atom is -0.480 e. The largest absolute Gasteiger partial charge is 0.480 e. The van der Waals surface area contributed by atoms with E-state index in [0.29, 0.717) is 19.4 Å². The van der Waals surface area contributed by atoms with Crippen LogP contribution in [0.5, 0.6) is 0 Å². The van der Waals surface area contributed by atoms with E-state index >= 15 is 0 Å². The number of likely N-dealkylation sites (tertiary alicyclic amines) is 1. The van der Waals surface area contributed by atoms with Gasteiger partial charge in [0.25, 0.3) is 0 Å². The van der Waals surface area contributed by atoms with E-state index in [0.717, 1.165) is 22.3 Å². The lowest BCUT2D eigenvalue weighted by atomic mass is 9.98. The maximum absolute atomic E-state index is 12.6. The van der Waals surface area contributed by atoms with Crippen molar-refractivity contribution in [1.29, 1.82) is 0 Å². The molecule has 31 heavy (non-hydrogen) atoms. The molecule has 2 aliphatic rings. The number of carbonyl (C=O) groups is 3. The fraction of sp³-hybridized carbons (Fsp3) is 0.375. The summed E-state index contributed by atoms with van der Waals surface area (Å²) in [6, 6.07) is 15.4. The van der Waals surface area contributed by atoms with Crippen molar-refractivity contribution in [3.05, 3.63) is 59.7 Å². The molecule has 2 amide bonds. The molecule has 1 heterocycles. The molecule has 1 aliphatic carbocycles. The third-order valence-corrected chi connectivity index (χ3v) is 6.14. The fourth-order valence-electron chi connectivity index (χ4n) is 4.54. The summed E-state index contributed by atoms with van der Waals surface area (Å²) in [5, 5.41) is 11.9. The van der Waals surface area contributed by atoms with Gasteiger partial charge in [0.1, 0.15) is 12.6 Å². The van der Waals surface area contributed by atoms with Gasteiger partial charge in [0.2, 0.25) is 5.91 Å². The number of fused-ring (bicyclic) bond motifs is 3. The third-order valence-electron chi connectivity index (χ3n) is 6.14. The van der Waals surface area contributed by atoms with Crippen molar-refractivity contribution in [2.75, 3.05) is 19.7 Å². The molecule has 1 unspecified atom stereocenters. The van der Waals surface area contributed by atoms with Crippen molar-refractivity contribution < 1.29 is 24.2 Å². The topological polar surface area (TPSA) is 95.9 Å². The number of nitrogens with one attached hydrogen (secondary N) is 1. The zero-order valence-corrected chi connectivity index (χ0v) is 17.4. The van der Waals surface area contributed by atoms with Crippen LogP contribution in [0.15, 0.2) is 48.5 Å². The number of nitrogens with zero attached hydrogens (tertiary/aromatic N) is 1. The van der Waals surface area contributed by atoms with E-state index in [4.69, 9.17) is 4.74 Å². The van der Waals surface area contributed by atoms with Gasteiger partial charge >= 0.3 is 12.1 Å². The molecule has 0 saturated carbocycles. The van der Waals surface area contributed by atoms with Crippen LogP contribution >= 0.6 is 0 Å². The Morgan fingerprint density at radius 2 is 1.71 bits per heavy atom. The Labute approximate surface area is 181 Å². The molecule has 0 bridgehead atoms. The molecule has 1 aliphatic heterocycles.